The number of amides is 2. The number of hydrogen-bond donors (Lipinski definition) is 1. The van der Waals surface area contributed by atoms with Crippen molar-refractivity contribution in [3.63, 3.8) is 0 Å². The number of nitrogens with one attached hydrogen (secondary N) is 1. The summed E-state index contributed by atoms with van der Waals surface area (Å²) in [6.07, 6.45) is 2.52. The van der Waals surface area contributed by atoms with Crippen molar-refractivity contribution in [1.29, 1.82) is 0 Å². The Morgan fingerprint density at radius 1 is 1.00 bits per heavy atom. The van der Waals surface area contributed by atoms with Gasteiger partial charge in [-0.15, -0.1) is 0 Å². The van der Waals surface area contributed by atoms with Crippen LogP contribution in [0.2, 0.25) is 0 Å². The minimum atomic E-state index is -0.519. The van der Waals surface area contributed by atoms with Crippen molar-refractivity contribution in [2.24, 2.45) is 0 Å². The first kappa shape index (κ1) is 15.3. The first-order valence-electron chi connectivity index (χ1n) is 7.97. The van der Waals surface area contributed by atoms with Gasteiger partial charge in [-0.3, -0.25) is 9.59 Å². The zero-order valence-electron chi connectivity index (χ0n) is 13.0. The lowest BCUT2D eigenvalue weighted by Crippen LogP contribution is -2.42. The van der Waals surface area contributed by atoms with Gasteiger partial charge in [0.2, 0.25) is 0 Å². The van der Waals surface area contributed by atoms with Crippen LogP contribution in [0.4, 0.5) is 5.69 Å². The molecule has 0 fully saturated rings. The molecule has 0 aliphatic carbocycles. The quantitative estimate of drug-likeness (QED) is 0.696. The molecule has 2 aromatic carbocycles. The molecule has 3 rings (SSSR count). The van der Waals surface area contributed by atoms with Crippen LogP contribution in [0, 0.1) is 0 Å². The molecule has 4 nitrogen and oxygen atoms in total. The fourth-order valence-electron chi connectivity index (χ4n) is 2.89. The smallest absolute Gasteiger partial charge is 0.316 e. The van der Waals surface area contributed by atoms with Gasteiger partial charge in [0.1, 0.15) is 0 Å². The molecule has 2 amide bonds. The zero-order chi connectivity index (χ0) is 16.1. The molecule has 2 aromatic rings. The molecule has 0 spiro atoms. The number of benzene rings is 2. The Kier molecular flexibility index (Phi) is 4.71. The monoisotopic (exact) mass is 308 g/mol. The summed E-state index contributed by atoms with van der Waals surface area (Å²) >= 11 is 0. The molecule has 0 atom stereocenters. The second-order valence-electron chi connectivity index (χ2n) is 5.68. The van der Waals surface area contributed by atoms with Gasteiger partial charge in [-0.2, -0.15) is 0 Å². The minimum Gasteiger partial charge on any atom is -0.348 e. The van der Waals surface area contributed by atoms with Gasteiger partial charge in [-0.1, -0.05) is 48.5 Å². The average Bonchev–Trinajstić information content (AvgIpc) is 3.03. The summed E-state index contributed by atoms with van der Waals surface area (Å²) in [4.78, 5) is 25.9. The molecule has 1 heterocycles. The van der Waals surface area contributed by atoms with E-state index < -0.39 is 11.8 Å². The lowest BCUT2D eigenvalue weighted by Gasteiger charge is -2.16. The second-order valence-corrected chi connectivity index (χ2v) is 5.68. The molecule has 0 radical (unpaired) electrons. The number of carbonyl (C=O) groups excluding carboxylic acids is 2. The van der Waals surface area contributed by atoms with Crippen molar-refractivity contribution in [1.82, 2.24) is 5.32 Å². The van der Waals surface area contributed by atoms with E-state index in [-0.39, 0.29) is 0 Å². The van der Waals surface area contributed by atoms with E-state index in [2.05, 4.69) is 17.4 Å². The maximum absolute atomic E-state index is 12.3. The molecular weight excluding hydrogens is 288 g/mol. The molecule has 4 heteroatoms. The first-order valence-corrected chi connectivity index (χ1v) is 7.97. The summed E-state index contributed by atoms with van der Waals surface area (Å²) in [5, 5.41) is 2.73. The fraction of sp³-hybridized carbons (Fsp3) is 0.263. The summed E-state index contributed by atoms with van der Waals surface area (Å²) in [5.41, 5.74) is 3.22. The van der Waals surface area contributed by atoms with Crippen molar-refractivity contribution >= 4 is 17.5 Å². The predicted molar refractivity (Wildman–Crippen MR) is 90.3 cm³/mol. The summed E-state index contributed by atoms with van der Waals surface area (Å²) in [5.74, 6) is -0.982. The van der Waals surface area contributed by atoms with Gasteiger partial charge < -0.3 is 10.2 Å². The van der Waals surface area contributed by atoms with Crippen molar-refractivity contribution in [3.8, 4) is 0 Å². The van der Waals surface area contributed by atoms with E-state index in [0.717, 1.165) is 30.5 Å². The van der Waals surface area contributed by atoms with Crippen LogP contribution in [0.5, 0.6) is 0 Å². The van der Waals surface area contributed by atoms with E-state index in [1.807, 2.05) is 42.5 Å². The third-order valence-corrected chi connectivity index (χ3v) is 4.10. The number of fused-ring (bicyclic) bond motifs is 1. The van der Waals surface area contributed by atoms with Crippen LogP contribution < -0.4 is 10.2 Å². The molecule has 0 saturated carbocycles. The number of rotatable bonds is 4. The molecular formula is C19H20N2O2. The van der Waals surface area contributed by atoms with Crippen molar-refractivity contribution in [2.45, 2.75) is 19.3 Å². The topological polar surface area (TPSA) is 49.4 Å². The molecule has 118 valence electrons. The zero-order valence-corrected chi connectivity index (χ0v) is 13.0. The van der Waals surface area contributed by atoms with Gasteiger partial charge in [-0.05, 0) is 36.5 Å². The number of carbonyl (C=O) groups is 2. The number of hydrogen-bond acceptors (Lipinski definition) is 2. The Balaban J connectivity index is 1.48. The normalized spacial score (nSPS) is 12.8. The van der Waals surface area contributed by atoms with Crippen molar-refractivity contribution in [2.75, 3.05) is 18.0 Å². The molecule has 0 bridgehead atoms. The molecule has 1 aliphatic heterocycles. The largest absolute Gasteiger partial charge is 0.348 e. The maximum atomic E-state index is 12.3. The van der Waals surface area contributed by atoms with E-state index in [1.165, 1.54) is 5.56 Å². The van der Waals surface area contributed by atoms with E-state index in [1.54, 1.807) is 4.90 Å². The SMILES string of the molecule is O=C(NCCCc1ccccc1)C(=O)N1CCc2ccccc21. The fourth-order valence-corrected chi connectivity index (χ4v) is 2.89. The van der Waals surface area contributed by atoms with Crippen LogP contribution >= 0.6 is 0 Å². The van der Waals surface area contributed by atoms with Crippen LogP contribution in [-0.2, 0) is 22.4 Å². The van der Waals surface area contributed by atoms with Crippen molar-refractivity contribution < 1.29 is 9.59 Å². The number of para-hydroxylation sites is 1. The lowest BCUT2D eigenvalue weighted by atomic mass is 10.1. The minimum absolute atomic E-state index is 0.463. The average molecular weight is 308 g/mol. The Labute approximate surface area is 136 Å². The highest BCUT2D eigenvalue weighted by Crippen LogP contribution is 2.27. The van der Waals surface area contributed by atoms with Crippen LogP contribution in [0.25, 0.3) is 0 Å². The van der Waals surface area contributed by atoms with Gasteiger partial charge in [0, 0.05) is 18.8 Å². The van der Waals surface area contributed by atoms with E-state index in [4.69, 9.17) is 0 Å². The van der Waals surface area contributed by atoms with Gasteiger partial charge in [0.15, 0.2) is 0 Å². The Morgan fingerprint density at radius 3 is 2.57 bits per heavy atom. The van der Waals surface area contributed by atoms with Gasteiger partial charge in [0.25, 0.3) is 0 Å². The van der Waals surface area contributed by atoms with E-state index in [0.29, 0.717) is 13.1 Å². The van der Waals surface area contributed by atoms with E-state index in [9.17, 15) is 9.59 Å². The predicted octanol–water partition coefficient (Wildman–Crippen LogP) is 2.32. The molecule has 0 saturated heterocycles. The third kappa shape index (κ3) is 3.59. The van der Waals surface area contributed by atoms with Crippen LogP contribution in [0.3, 0.4) is 0 Å². The Hall–Kier alpha value is -2.62. The molecule has 1 aliphatic rings. The Bertz CT molecular complexity index is 698. The Morgan fingerprint density at radius 2 is 1.74 bits per heavy atom. The summed E-state index contributed by atoms with van der Waals surface area (Å²) in [7, 11) is 0. The highest BCUT2D eigenvalue weighted by atomic mass is 16.2. The van der Waals surface area contributed by atoms with E-state index >= 15 is 0 Å². The highest BCUT2D eigenvalue weighted by Gasteiger charge is 2.28. The van der Waals surface area contributed by atoms with Gasteiger partial charge in [-0.25, -0.2) is 0 Å². The molecule has 1 N–H and O–H groups in total. The van der Waals surface area contributed by atoms with Crippen LogP contribution in [-0.4, -0.2) is 24.9 Å². The summed E-state index contributed by atoms with van der Waals surface area (Å²) in [6, 6.07) is 17.9. The third-order valence-electron chi connectivity index (χ3n) is 4.10. The van der Waals surface area contributed by atoms with Gasteiger partial charge >= 0.3 is 11.8 Å². The molecule has 0 unspecified atom stereocenters. The molecule has 0 aromatic heterocycles. The van der Waals surface area contributed by atoms with Crippen LogP contribution in [0.1, 0.15) is 17.5 Å². The van der Waals surface area contributed by atoms with Crippen LogP contribution in [0.15, 0.2) is 54.6 Å². The number of nitrogens with zero attached hydrogens (tertiary/aromatic N) is 1. The summed E-state index contributed by atoms with van der Waals surface area (Å²) < 4.78 is 0. The standard InChI is InChI=1S/C19H20N2O2/c22-18(20-13-6-9-15-7-2-1-3-8-15)19(23)21-14-12-16-10-4-5-11-17(16)21/h1-5,7-8,10-11H,6,9,12-14H2,(H,20,22). The number of aryl methyl sites for hydroxylation is 1. The summed E-state index contributed by atoms with van der Waals surface area (Å²) in [6.45, 7) is 1.09. The first-order chi connectivity index (χ1) is 11.3. The number of anilines is 1. The lowest BCUT2D eigenvalue weighted by molar-refractivity contribution is -0.137. The molecule has 23 heavy (non-hydrogen) atoms. The maximum Gasteiger partial charge on any atom is 0.316 e. The van der Waals surface area contributed by atoms with Gasteiger partial charge in [0.05, 0.1) is 0 Å². The van der Waals surface area contributed by atoms with Crippen molar-refractivity contribution in [3.05, 3.63) is 65.7 Å². The second kappa shape index (κ2) is 7.09. The highest BCUT2D eigenvalue weighted by molar-refractivity contribution is 6.40.